The number of thioether (sulfide) groups is 1. The Morgan fingerprint density at radius 1 is 1.36 bits per heavy atom. The first-order valence-electron chi connectivity index (χ1n) is 8.90. The van der Waals surface area contributed by atoms with E-state index >= 15 is 0 Å². The molecule has 1 fully saturated rings. The third-order valence-corrected chi connectivity index (χ3v) is 5.50. The number of carboxylic acids is 1. The molecule has 1 saturated heterocycles. The monoisotopic (exact) mass is 419 g/mol. The van der Waals surface area contributed by atoms with Crippen molar-refractivity contribution in [2.75, 3.05) is 18.9 Å². The van der Waals surface area contributed by atoms with E-state index in [9.17, 15) is 29.3 Å². The van der Waals surface area contributed by atoms with Gasteiger partial charge in [-0.05, 0) is 26.2 Å². The summed E-state index contributed by atoms with van der Waals surface area (Å²) in [4.78, 5) is 62.9. The van der Waals surface area contributed by atoms with Gasteiger partial charge in [-0.2, -0.15) is 0 Å². The summed E-state index contributed by atoms with van der Waals surface area (Å²) in [6.45, 7) is 3.34. The fourth-order valence-electron chi connectivity index (χ4n) is 2.72. The van der Waals surface area contributed by atoms with Crippen LogP contribution in [0.1, 0.15) is 39.5 Å². The predicted octanol–water partition coefficient (Wildman–Crippen LogP) is 0.451. The Labute approximate surface area is 166 Å². The molecule has 1 heterocycles. The van der Waals surface area contributed by atoms with E-state index in [1.165, 1.54) is 11.8 Å². The molecule has 0 radical (unpaired) electrons. The zero-order valence-corrected chi connectivity index (χ0v) is 16.6. The quantitative estimate of drug-likeness (QED) is 0.276. The number of likely N-dealkylation sites (tertiary alicyclic amines) is 1. The van der Waals surface area contributed by atoms with Crippen LogP contribution in [-0.4, -0.2) is 69.0 Å². The topological polar surface area (TPSA) is 156 Å². The van der Waals surface area contributed by atoms with Gasteiger partial charge >= 0.3 is 5.97 Å². The molecular weight excluding hydrogens is 394 g/mol. The maximum Gasteiger partial charge on any atom is 0.326 e. The molecule has 1 aliphatic rings. The fourth-order valence-corrected chi connectivity index (χ4v) is 3.58. The summed E-state index contributed by atoms with van der Waals surface area (Å²) in [5, 5.41) is 20.4. The van der Waals surface area contributed by atoms with Crippen molar-refractivity contribution in [2.45, 2.75) is 51.6 Å². The molecule has 0 aromatic carbocycles. The van der Waals surface area contributed by atoms with Crippen molar-refractivity contribution in [3.8, 4) is 0 Å². The van der Waals surface area contributed by atoms with Gasteiger partial charge in [0, 0.05) is 24.6 Å². The lowest BCUT2D eigenvalue weighted by atomic mass is 10.1. The van der Waals surface area contributed by atoms with Gasteiger partial charge in [0.05, 0.1) is 12.6 Å². The van der Waals surface area contributed by atoms with Crippen LogP contribution in [0.5, 0.6) is 0 Å². The van der Waals surface area contributed by atoms with Crippen LogP contribution in [0.2, 0.25) is 0 Å². The molecule has 11 nitrogen and oxygen atoms in total. The van der Waals surface area contributed by atoms with Gasteiger partial charge in [-0.25, -0.2) is 4.79 Å². The molecule has 0 aliphatic carbocycles. The Kier molecular flexibility index (Phi) is 9.69. The Bertz CT molecular complexity index is 615. The number of hydrogen-bond donors (Lipinski definition) is 2. The summed E-state index contributed by atoms with van der Waals surface area (Å²) in [5.74, 6) is -2.11. The zero-order valence-electron chi connectivity index (χ0n) is 15.8. The lowest BCUT2D eigenvalue weighted by Crippen LogP contribution is -2.43. The first-order chi connectivity index (χ1) is 13.1. The van der Waals surface area contributed by atoms with Gasteiger partial charge in [0.15, 0.2) is 0 Å². The van der Waals surface area contributed by atoms with Crippen molar-refractivity contribution in [3.63, 3.8) is 0 Å². The molecular formula is C16H25N3O8S. The number of rotatable bonds is 11. The molecule has 3 atom stereocenters. The average Bonchev–Trinajstić information content (AvgIpc) is 3.12. The van der Waals surface area contributed by atoms with E-state index in [4.69, 9.17) is 5.11 Å². The van der Waals surface area contributed by atoms with Gasteiger partial charge in [0.2, 0.25) is 16.9 Å². The Balaban J connectivity index is 2.35. The highest BCUT2D eigenvalue weighted by Crippen LogP contribution is 2.22. The molecule has 1 rings (SSSR count). The molecule has 1 aliphatic heterocycles. The summed E-state index contributed by atoms with van der Waals surface area (Å²) in [7, 11) is 0. The van der Waals surface area contributed by atoms with E-state index in [0.29, 0.717) is 19.4 Å². The van der Waals surface area contributed by atoms with E-state index in [2.05, 4.69) is 10.2 Å². The van der Waals surface area contributed by atoms with Crippen LogP contribution in [0.25, 0.3) is 0 Å². The molecule has 0 aromatic rings. The Hall–Kier alpha value is -2.37. The van der Waals surface area contributed by atoms with Crippen LogP contribution in [0.4, 0.5) is 0 Å². The molecule has 12 heteroatoms. The predicted molar refractivity (Wildman–Crippen MR) is 98.8 cm³/mol. The normalized spacial score (nSPS) is 18.2. The van der Waals surface area contributed by atoms with Crippen molar-refractivity contribution in [1.82, 2.24) is 10.2 Å². The third-order valence-electron chi connectivity index (χ3n) is 4.19. The van der Waals surface area contributed by atoms with Crippen LogP contribution < -0.4 is 5.32 Å². The van der Waals surface area contributed by atoms with Crippen molar-refractivity contribution in [1.29, 1.82) is 0 Å². The minimum Gasteiger partial charge on any atom is -0.480 e. The Morgan fingerprint density at radius 3 is 2.64 bits per heavy atom. The summed E-state index contributed by atoms with van der Waals surface area (Å²) in [5.41, 5.74) is 0. The van der Waals surface area contributed by atoms with Crippen molar-refractivity contribution >= 4 is 34.7 Å². The number of amides is 2. The first kappa shape index (κ1) is 23.7. The van der Waals surface area contributed by atoms with Gasteiger partial charge < -0.3 is 20.2 Å². The molecule has 0 spiro atoms. The van der Waals surface area contributed by atoms with Gasteiger partial charge in [0.25, 0.3) is 5.09 Å². The molecule has 0 saturated carbocycles. The van der Waals surface area contributed by atoms with Crippen molar-refractivity contribution in [2.24, 2.45) is 5.92 Å². The van der Waals surface area contributed by atoms with E-state index < -0.39 is 35.0 Å². The smallest absolute Gasteiger partial charge is 0.326 e. The second-order valence-corrected chi connectivity index (χ2v) is 7.53. The van der Waals surface area contributed by atoms with Crippen LogP contribution in [-0.2, 0) is 24.0 Å². The highest BCUT2D eigenvalue weighted by Gasteiger charge is 2.36. The van der Waals surface area contributed by atoms with Crippen LogP contribution >= 0.6 is 11.8 Å². The largest absolute Gasteiger partial charge is 0.480 e. The zero-order chi connectivity index (χ0) is 21.3. The number of aliphatic carboxylic acids is 1. The average molecular weight is 419 g/mol. The molecule has 2 N–H and O–H groups in total. The SMILES string of the molecule is CC(CSC(=O)[C@H](C)NC(=O)CCCO[N+](=O)[O-])C(=O)N1CCC[C@H]1C(=O)O. The minimum absolute atomic E-state index is 0.0173. The number of carboxylic acid groups (broad SMARTS) is 1. The standard InChI is InChI=1S/C16H25N3O8S/c1-10(14(21)18-7-3-5-12(18)15(22)23)9-28-16(24)11(2)17-13(20)6-4-8-27-19(25)26/h10-12H,3-9H2,1-2H3,(H,17,20)(H,22,23)/t10?,11-,12-/m0/s1. The van der Waals surface area contributed by atoms with Gasteiger partial charge in [-0.15, -0.1) is 10.1 Å². The molecule has 158 valence electrons. The van der Waals surface area contributed by atoms with E-state index in [-0.39, 0.29) is 36.2 Å². The maximum atomic E-state index is 12.4. The van der Waals surface area contributed by atoms with Gasteiger partial charge in [-0.3, -0.25) is 14.4 Å². The lowest BCUT2D eigenvalue weighted by Gasteiger charge is -2.24. The second kappa shape index (κ2) is 11.5. The van der Waals surface area contributed by atoms with Crippen molar-refractivity contribution in [3.05, 3.63) is 10.1 Å². The summed E-state index contributed by atoms with van der Waals surface area (Å²) < 4.78 is 0. The maximum absolute atomic E-state index is 12.4. The van der Waals surface area contributed by atoms with Crippen LogP contribution in [0.15, 0.2) is 0 Å². The number of carbonyl (C=O) groups is 4. The number of hydrogen-bond acceptors (Lipinski definition) is 8. The second-order valence-electron chi connectivity index (χ2n) is 6.51. The third kappa shape index (κ3) is 7.71. The molecule has 0 aromatic heterocycles. The van der Waals surface area contributed by atoms with Crippen LogP contribution in [0.3, 0.4) is 0 Å². The number of carbonyl (C=O) groups excluding carboxylic acids is 3. The number of nitrogens with one attached hydrogen (secondary N) is 1. The number of nitrogens with zero attached hydrogens (tertiary/aromatic N) is 2. The van der Waals surface area contributed by atoms with E-state index in [0.717, 1.165) is 11.8 Å². The molecule has 1 unspecified atom stereocenters. The Morgan fingerprint density at radius 2 is 2.04 bits per heavy atom. The summed E-state index contributed by atoms with van der Waals surface area (Å²) in [6, 6.07) is -1.59. The molecule has 2 amide bonds. The fraction of sp³-hybridized carbons (Fsp3) is 0.750. The minimum atomic E-state index is -1.03. The van der Waals surface area contributed by atoms with E-state index in [1.807, 2.05) is 0 Å². The molecule has 28 heavy (non-hydrogen) atoms. The summed E-state index contributed by atoms with van der Waals surface area (Å²) >= 11 is 0.901. The van der Waals surface area contributed by atoms with Crippen molar-refractivity contribution < 1.29 is 34.2 Å². The molecule has 0 bridgehead atoms. The highest BCUT2D eigenvalue weighted by molar-refractivity contribution is 8.13. The van der Waals surface area contributed by atoms with Gasteiger partial charge in [-0.1, -0.05) is 18.7 Å². The first-order valence-corrected chi connectivity index (χ1v) is 9.88. The van der Waals surface area contributed by atoms with Crippen LogP contribution in [0, 0.1) is 16.0 Å². The lowest BCUT2D eigenvalue weighted by molar-refractivity contribution is -0.757. The summed E-state index contributed by atoms with van der Waals surface area (Å²) in [6.07, 6.45) is 1.19. The van der Waals surface area contributed by atoms with Gasteiger partial charge in [0.1, 0.15) is 6.04 Å². The van der Waals surface area contributed by atoms with E-state index in [1.54, 1.807) is 6.92 Å². The highest BCUT2D eigenvalue weighted by atomic mass is 32.2.